The predicted octanol–water partition coefficient (Wildman–Crippen LogP) is 4.40. The molecule has 0 aliphatic heterocycles. The molecule has 1 nitrogen and oxygen atoms in total. The Hall–Kier alpha value is -1.48. The summed E-state index contributed by atoms with van der Waals surface area (Å²) in [5.41, 5.74) is 1.53. The second-order valence-corrected chi connectivity index (χ2v) is 4.98. The molecule has 2 aromatic carbocycles. The van der Waals surface area contributed by atoms with Gasteiger partial charge in [0.15, 0.2) is 5.78 Å². The number of Topliss-reactive ketones (excluding diaryl/α,β-unsaturated/α-hetero) is 1. The van der Waals surface area contributed by atoms with E-state index in [1.807, 2.05) is 18.2 Å². The minimum absolute atomic E-state index is 0.0700. The third-order valence-electron chi connectivity index (χ3n) is 2.68. The fourth-order valence-electron chi connectivity index (χ4n) is 1.76. The lowest BCUT2D eigenvalue weighted by Crippen LogP contribution is -2.01. The number of rotatable bonds is 4. The van der Waals surface area contributed by atoms with Crippen LogP contribution in [0.3, 0.4) is 0 Å². The lowest BCUT2D eigenvalue weighted by atomic mass is 10.0. The van der Waals surface area contributed by atoms with Gasteiger partial charge in [0.05, 0.1) is 0 Å². The Morgan fingerprint density at radius 2 is 1.89 bits per heavy atom. The van der Waals surface area contributed by atoms with E-state index < -0.39 is 0 Å². The normalized spacial score (nSPS) is 10.3. The van der Waals surface area contributed by atoms with Gasteiger partial charge in [0.1, 0.15) is 5.82 Å². The van der Waals surface area contributed by atoms with Crippen LogP contribution in [0.5, 0.6) is 0 Å². The van der Waals surface area contributed by atoms with E-state index in [1.165, 1.54) is 12.1 Å². The van der Waals surface area contributed by atoms with E-state index >= 15 is 0 Å². The average molecular weight is 307 g/mol. The maximum Gasteiger partial charge on any atom is 0.163 e. The van der Waals surface area contributed by atoms with Gasteiger partial charge < -0.3 is 0 Å². The summed E-state index contributed by atoms with van der Waals surface area (Å²) in [6, 6.07) is 13.7. The van der Waals surface area contributed by atoms with Crippen LogP contribution in [0.15, 0.2) is 53.0 Å². The molecule has 0 fully saturated rings. The number of carbonyl (C=O) groups is 1. The highest BCUT2D eigenvalue weighted by Crippen LogP contribution is 2.14. The summed E-state index contributed by atoms with van der Waals surface area (Å²) in [6.45, 7) is 0. The Bertz CT molecular complexity index is 566. The molecule has 0 radical (unpaired) electrons. The Morgan fingerprint density at radius 1 is 1.11 bits per heavy atom. The van der Waals surface area contributed by atoms with Crippen LogP contribution in [0.1, 0.15) is 22.3 Å². The first-order valence-corrected chi connectivity index (χ1v) is 6.47. The molecule has 0 unspecified atom stereocenters. The van der Waals surface area contributed by atoms with Gasteiger partial charge in [-0.2, -0.15) is 0 Å². The van der Waals surface area contributed by atoms with Crippen LogP contribution in [-0.2, 0) is 6.42 Å². The van der Waals surface area contributed by atoms with Crippen molar-refractivity contribution in [3.8, 4) is 0 Å². The summed E-state index contributed by atoms with van der Waals surface area (Å²) in [5.74, 6) is -0.192. The molecular weight excluding hydrogens is 295 g/mol. The fourth-order valence-corrected chi connectivity index (χ4v) is 2.16. The summed E-state index contributed by atoms with van der Waals surface area (Å²) in [7, 11) is 0. The van der Waals surface area contributed by atoms with E-state index in [-0.39, 0.29) is 11.6 Å². The van der Waals surface area contributed by atoms with Crippen LogP contribution < -0.4 is 0 Å². The van der Waals surface area contributed by atoms with Gasteiger partial charge in [-0.1, -0.05) is 40.2 Å². The summed E-state index contributed by atoms with van der Waals surface area (Å²) in [6.07, 6.45) is 0.947. The third kappa shape index (κ3) is 3.50. The molecule has 0 aliphatic rings. The number of halogens is 2. The minimum atomic E-state index is -0.262. The number of hydrogen-bond donors (Lipinski definition) is 0. The second-order valence-electron chi connectivity index (χ2n) is 4.06. The number of benzene rings is 2. The van der Waals surface area contributed by atoms with Crippen molar-refractivity contribution in [3.05, 3.63) is 69.9 Å². The summed E-state index contributed by atoms with van der Waals surface area (Å²) < 4.78 is 13.9. The van der Waals surface area contributed by atoms with Crippen molar-refractivity contribution in [1.29, 1.82) is 0 Å². The zero-order valence-corrected chi connectivity index (χ0v) is 11.3. The zero-order chi connectivity index (χ0) is 13.0. The van der Waals surface area contributed by atoms with Gasteiger partial charge in [0.2, 0.25) is 0 Å². The second kappa shape index (κ2) is 5.91. The SMILES string of the molecule is O=C(CCc1cccc(F)c1)c1cccc(Br)c1. The minimum Gasteiger partial charge on any atom is -0.294 e. The highest BCUT2D eigenvalue weighted by molar-refractivity contribution is 9.10. The van der Waals surface area contributed by atoms with Crippen LogP contribution in [0.4, 0.5) is 4.39 Å². The van der Waals surface area contributed by atoms with Gasteiger partial charge in [0.25, 0.3) is 0 Å². The fraction of sp³-hybridized carbons (Fsp3) is 0.133. The van der Waals surface area contributed by atoms with Crippen molar-refractivity contribution in [2.75, 3.05) is 0 Å². The van der Waals surface area contributed by atoms with E-state index in [0.29, 0.717) is 18.4 Å². The molecule has 0 atom stereocenters. The smallest absolute Gasteiger partial charge is 0.163 e. The molecule has 2 rings (SSSR count). The Kier molecular flexibility index (Phi) is 4.26. The monoisotopic (exact) mass is 306 g/mol. The summed E-state index contributed by atoms with van der Waals surface area (Å²) >= 11 is 3.33. The number of carbonyl (C=O) groups excluding carboxylic acids is 1. The van der Waals surface area contributed by atoms with Crippen molar-refractivity contribution in [3.63, 3.8) is 0 Å². The van der Waals surface area contributed by atoms with Crippen LogP contribution in [0.25, 0.3) is 0 Å². The van der Waals surface area contributed by atoms with Crippen LogP contribution in [-0.4, -0.2) is 5.78 Å². The summed E-state index contributed by atoms with van der Waals surface area (Å²) in [5, 5.41) is 0. The Morgan fingerprint density at radius 3 is 2.61 bits per heavy atom. The lowest BCUT2D eigenvalue weighted by Gasteiger charge is -2.02. The quantitative estimate of drug-likeness (QED) is 0.765. The molecule has 3 heteroatoms. The molecule has 92 valence electrons. The molecule has 2 aromatic rings. The summed E-state index contributed by atoms with van der Waals surface area (Å²) in [4.78, 5) is 11.9. The van der Waals surface area contributed by atoms with Gasteiger partial charge in [-0.25, -0.2) is 4.39 Å². The van der Waals surface area contributed by atoms with E-state index in [1.54, 1.807) is 18.2 Å². The van der Waals surface area contributed by atoms with Gasteiger partial charge in [-0.05, 0) is 36.2 Å². The largest absolute Gasteiger partial charge is 0.294 e. The van der Waals surface area contributed by atoms with E-state index in [0.717, 1.165) is 10.0 Å². The van der Waals surface area contributed by atoms with Gasteiger partial charge in [0, 0.05) is 16.5 Å². The molecule has 0 amide bonds. The standard InChI is InChI=1S/C15H12BrFO/c16-13-5-2-4-12(10-13)15(18)8-7-11-3-1-6-14(17)9-11/h1-6,9-10H,7-8H2. The van der Waals surface area contributed by atoms with Crippen LogP contribution in [0, 0.1) is 5.82 Å². The highest BCUT2D eigenvalue weighted by Gasteiger charge is 2.06. The van der Waals surface area contributed by atoms with Gasteiger partial charge in [-0.3, -0.25) is 4.79 Å². The number of aryl methyl sites for hydroxylation is 1. The molecule has 0 aliphatic carbocycles. The lowest BCUT2D eigenvalue weighted by molar-refractivity contribution is 0.0982. The van der Waals surface area contributed by atoms with E-state index in [2.05, 4.69) is 15.9 Å². The first kappa shape index (κ1) is 13.0. The van der Waals surface area contributed by atoms with Crippen molar-refractivity contribution in [1.82, 2.24) is 0 Å². The molecule has 0 spiro atoms. The number of hydrogen-bond acceptors (Lipinski definition) is 1. The molecule has 18 heavy (non-hydrogen) atoms. The molecular formula is C15H12BrFO. The highest BCUT2D eigenvalue weighted by atomic mass is 79.9. The van der Waals surface area contributed by atoms with Crippen molar-refractivity contribution in [2.45, 2.75) is 12.8 Å². The third-order valence-corrected chi connectivity index (χ3v) is 3.17. The topological polar surface area (TPSA) is 17.1 Å². The molecule has 0 N–H and O–H groups in total. The van der Waals surface area contributed by atoms with Crippen LogP contribution >= 0.6 is 15.9 Å². The van der Waals surface area contributed by atoms with Gasteiger partial charge >= 0.3 is 0 Å². The maximum atomic E-state index is 13.0. The van der Waals surface area contributed by atoms with Crippen molar-refractivity contribution in [2.24, 2.45) is 0 Å². The Labute approximate surface area is 114 Å². The molecule has 0 heterocycles. The van der Waals surface area contributed by atoms with Crippen molar-refractivity contribution >= 4 is 21.7 Å². The number of ketones is 1. The Balaban J connectivity index is 2.00. The zero-order valence-electron chi connectivity index (χ0n) is 9.70. The first-order chi connectivity index (χ1) is 8.65. The van der Waals surface area contributed by atoms with E-state index in [9.17, 15) is 9.18 Å². The van der Waals surface area contributed by atoms with Gasteiger partial charge in [-0.15, -0.1) is 0 Å². The average Bonchev–Trinajstić information content (AvgIpc) is 2.36. The predicted molar refractivity (Wildman–Crippen MR) is 73.2 cm³/mol. The van der Waals surface area contributed by atoms with Crippen LogP contribution in [0.2, 0.25) is 0 Å². The van der Waals surface area contributed by atoms with E-state index in [4.69, 9.17) is 0 Å². The molecule has 0 aromatic heterocycles. The van der Waals surface area contributed by atoms with Crippen molar-refractivity contribution < 1.29 is 9.18 Å². The molecule has 0 bridgehead atoms. The molecule has 0 saturated heterocycles. The molecule has 0 saturated carbocycles. The first-order valence-electron chi connectivity index (χ1n) is 5.68. The maximum absolute atomic E-state index is 13.0.